The van der Waals surface area contributed by atoms with Gasteiger partial charge in [0.1, 0.15) is 22.0 Å². The highest BCUT2D eigenvalue weighted by molar-refractivity contribution is 7.89. The first-order chi connectivity index (χ1) is 9.31. The van der Waals surface area contributed by atoms with Crippen molar-refractivity contribution in [2.45, 2.75) is 25.7 Å². The van der Waals surface area contributed by atoms with Gasteiger partial charge in [-0.25, -0.2) is 13.2 Å². The number of hydrogen-bond donors (Lipinski definition) is 1. The van der Waals surface area contributed by atoms with E-state index in [2.05, 4.69) is 4.74 Å². The minimum Gasteiger partial charge on any atom is -0.465 e. The Labute approximate surface area is 118 Å². The first kappa shape index (κ1) is 16.7. The Morgan fingerprint density at radius 2 is 1.95 bits per heavy atom. The highest BCUT2D eigenvalue weighted by Gasteiger charge is 2.34. The molecule has 1 heterocycles. The van der Waals surface area contributed by atoms with E-state index in [1.165, 1.54) is 21.0 Å². The van der Waals surface area contributed by atoms with Crippen LogP contribution >= 0.6 is 0 Å². The topological polar surface area (TPSA) is 97.0 Å². The number of aliphatic hydroxyl groups is 1. The van der Waals surface area contributed by atoms with Gasteiger partial charge in [0, 0.05) is 13.1 Å². The Balaban J connectivity index is 3.49. The number of esters is 1. The monoisotopic (exact) mass is 305 g/mol. The number of hydrogen-bond acceptors (Lipinski definition) is 6. The lowest BCUT2D eigenvalue weighted by atomic mass is 10.2. The first-order valence-electron chi connectivity index (χ1n) is 6.10. The summed E-state index contributed by atoms with van der Waals surface area (Å²) in [6, 6.07) is 0. The van der Waals surface area contributed by atoms with Gasteiger partial charge in [-0.1, -0.05) is 6.92 Å². The molecule has 1 rings (SSSR count). The maximum atomic E-state index is 12.6. The molecule has 0 atom stereocenters. The maximum Gasteiger partial charge on any atom is 0.342 e. The second-order valence-electron chi connectivity index (χ2n) is 4.13. The van der Waals surface area contributed by atoms with E-state index in [0.717, 1.165) is 4.31 Å². The number of rotatable bonds is 6. The van der Waals surface area contributed by atoms with Gasteiger partial charge in [-0.2, -0.15) is 4.31 Å². The highest BCUT2D eigenvalue weighted by atomic mass is 32.2. The average molecular weight is 305 g/mol. The van der Waals surface area contributed by atoms with Crippen molar-refractivity contribution in [3.8, 4) is 0 Å². The number of nitrogens with zero attached hydrogens (tertiary/aromatic N) is 1. The van der Waals surface area contributed by atoms with Crippen LogP contribution in [-0.4, -0.2) is 50.6 Å². The van der Waals surface area contributed by atoms with Crippen LogP contribution in [0.3, 0.4) is 0 Å². The van der Waals surface area contributed by atoms with Crippen molar-refractivity contribution in [1.29, 1.82) is 0 Å². The number of ether oxygens (including phenoxy) is 1. The van der Waals surface area contributed by atoms with E-state index in [1.54, 1.807) is 6.92 Å². The molecular formula is C12H19NO6S. The molecule has 114 valence electrons. The molecular weight excluding hydrogens is 286 g/mol. The first-order valence-corrected chi connectivity index (χ1v) is 7.54. The highest BCUT2D eigenvalue weighted by Crippen LogP contribution is 2.29. The van der Waals surface area contributed by atoms with Gasteiger partial charge in [-0.05, 0) is 13.8 Å². The zero-order chi connectivity index (χ0) is 15.5. The van der Waals surface area contributed by atoms with Crippen molar-refractivity contribution in [3.05, 3.63) is 17.1 Å². The van der Waals surface area contributed by atoms with E-state index in [-0.39, 0.29) is 41.7 Å². The molecule has 0 aromatic carbocycles. The third-order valence-corrected chi connectivity index (χ3v) is 5.02. The van der Waals surface area contributed by atoms with Gasteiger partial charge in [0.2, 0.25) is 10.0 Å². The van der Waals surface area contributed by atoms with Crippen molar-refractivity contribution >= 4 is 16.0 Å². The SMILES string of the molecule is CCN(CCO)S(=O)(=O)c1c(C)oc(C)c1C(=O)OC. The van der Waals surface area contributed by atoms with Gasteiger partial charge in [0.05, 0.1) is 13.7 Å². The summed E-state index contributed by atoms with van der Waals surface area (Å²) >= 11 is 0. The van der Waals surface area contributed by atoms with Crippen LogP contribution in [0, 0.1) is 13.8 Å². The molecule has 0 fully saturated rings. The Kier molecular flexibility index (Phi) is 5.32. The fourth-order valence-corrected chi connectivity index (χ4v) is 3.81. The molecule has 0 aliphatic heterocycles. The number of furan rings is 1. The van der Waals surface area contributed by atoms with Gasteiger partial charge in [0.25, 0.3) is 0 Å². The Hall–Kier alpha value is -1.38. The lowest BCUT2D eigenvalue weighted by molar-refractivity contribution is 0.0594. The predicted molar refractivity (Wildman–Crippen MR) is 71.0 cm³/mol. The zero-order valence-electron chi connectivity index (χ0n) is 12.0. The second-order valence-corrected chi connectivity index (χ2v) is 6.01. The van der Waals surface area contributed by atoms with Gasteiger partial charge in [-0.15, -0.1) is 0 Å². The molecule has 1 aromatic rings. The van der Waals surface area contributed by atoms with Crippen LogP contribution in [0.2, 0.25) is 0 Å². The fourth-order valence-electron chi connectivity index (χ4n) is 2.00. The zero-order valence-corrected chi connectivity index (χ0v) is 12.8. The predicted octanol–water partition coefficient (Wildman–Crippen LogP) is 0.686. The molecule has 0 saturated carbocycles. The van der Waals surface area contributed by atoms with Crippen molar-refractivity contribution < 1.29 is 27.5 Å². The fraction of sp³-hybridized carbons (Fsp3) is 0.583. The number of carbonyl (C=O) groups is 1. The molecule has 0 unspecified atom stereocenters. The number of aliphatic hydroxyl groups excluding tert-OH is 1. The number of likely N-dealkylation sites (N-methyl/N-ethyl adjacent to an activating group) is 1. The van der Waals surface area contributed by atoms with Gasteiger partial charge in [0.15, 0.2) is 0 Å². The lowest BCUT2D eigenvalue weighted by Gasteiger charge is -2.19. The van der Waals surface area contributed by atoms with E-state index in [9.17, 15) is 13.2 Å². The van der Waals surface area contributed by atoms with Crippen molar-refractivity contribution in [1.82, 2.24) is 4.31 Å². The molecule has 0 aliphatic carbocycles. The van der Waals surface area contributed by atoms with E-state index < -0.39 is 16.0 Å². The molecule has 0 bridgehead atoms. The van der Waals surface area contributed by atoms with Crippen LogP contribution in [-0.2, 0) is 14.8 Å². The Bertz CT molecular complexity index is 589. The number of carbonyl (C=O) groups excluding carboxylic acids is 1. The molecule has 20 heavy (non-hydrogen) atoms. The van der Waals surface area contributed by atoms with Crippen LogP contribution in [0.4, 0.5) is 0 Å². The van der Waals surface area contributed by atoms with E-state index in [1.807, 2.05) is 0 Å². The summed E-state index contributed by atoms with van der Waals surface area (Å²) in [7, 11) is -2.76. The van der Waals surface area contributed by atoms with Crippen LogP contribution in [0.25, 0.3) is 0 Å². The summed E-state index contributed by atoms with van der Waals surface area (Å²) in [5, 5.41) is 8.96. The molecule has 1 aromatic heterocycles. The van der Waals surface area contributed by atoms with E-state index in [0.29, 0.717) is 0 Å². The van der Waals surface area contributed by atoms with Gasteiger partial charge >= 0.3 is 5.97 Å². The van der Waals surface area contributed by atoms with Gasteiger partial charge in [-0.3, -0.25) is 0 Å². The molecule has 0 radical (unpaired) electrons. The standard InChI is InChI=1S/C12H19NO6S/c1-5-13(6-7-14)20(16,17)11-9(3)19-8(2)10(11)12(15)18-4/h14H,5-7H2,1-4H3. The van der Waals surface area contributed by atoms with Crippen LogP contribution in [0.1, 0.15) is 28.8 Å². The largest absolute Gasteiger partial charge is 0.465 e. The number of aryl methyl sites for hydroxylation is 2. The molecule has 0 amide bonds. The maximum absolute atomic E-state index is 12.6. The molecule has 8 heteroatoms. The van der Waals surface area contributed by atoms with E-state index >= 15 is 0 Å². The summed E-state index contributed by atoms with van der Waals surface area (Å²) in [5.74, 6) is -0.453. The summed E-state index contributed by atoms with van der Waals surface area (Å²) < 4.78 is 36.1. The summed E-state index contributed by atoms with van der Waals surface area (Å²) in [6.07, 6.45) is 0. The number of sulfonamides is 1. The Morgan fingerprint density at radius 1 is 1.35 bits per heavy atom. The third-order valence-electron chi connectivity index (χ3n) is 2.89. The van der Waals surface area contributed by atoms with Crippen molar-refractivity contribution in [3.63, 3.8) is 0 Å². The molecule has 7 nitrogen and oxygen atoms in total. The summed E-state index contributed by atoms with van der Waals surface area (Å²) in [5.41, 5.74) is -0.0959. The summed E-state index contributed by atoms with van der Waals surface area (Å²) in [4.78, 5) is 11.6. The van der Waals surface area contributed by atoms with Crippen molar-refractivity contribution in [2.24, 2.45) is 0 Å². The van der Waals surface area contributed by atoms with Gasteiger partial charge < -0.3 is 14.3 Å². The lowest BCUT2D eigenvalue weighted by Crippen LogP contribution is -2.34. The van der Waals surface area contributed by atoms with Crippen LogP contribution in [0.15, 0.2) is 9.31 Å². The number of methoxy groups -OCH3 is 1. The molecule has 0 spiro atoms. The van der Waals surface area contributed by atoms with Crippen LogP contribution < -0.4 is 0 Å². The van der Waals surface area contributed by atoms with E-state index in [4.69, 9.17) is 9.52 Å². The minimum absolute atomic E-state index is 0.0525. The third kappa shape index (κ3) is 2.87. The normalized spacial score (nSPS) is 11.9. The Morgan fingerprint density at radius 3 is 2.40 bits per heavy atom. The van der Waals surface area contributed by atoms with Crippen molar-refractivity contribution in [2.75, 3.05) is 26.8 Å². The quantitative estimate of drug-likeness (QED) is 0.776. The molecule has 0 saturated heterocycles. The minimum atomic E-state index is -3.93. The van der Waals surface area contributed by atoms with Crippen LogP contribution in [0.5, 0.6) is 0 Å². The molecule has 0 aliphatic rings. The molecule has 1 N–H and O–H groups in total. The second kappa shape index (κ2) is 6.38. The average Bonchev–Trinajstić information content (AvgIpc) is 2.70. The summed E-state index contributed by atoms with van der Waals surface area (Å²) in [6.45, 7) is 4.43. The smallest absolute Gasteiger partial charge is 0.342 e.